The van der Waals surface area contributed by atoms with E-state index in [0.717, 1.165) is 31.4 Å². The van der Waals surface area contributed by atoms with E-state index in [1.165, 1.54) is 18.4 Å². The van der Waals surface area contributed by atoms with Crippen molar-refractivity contribution in [3.63, 3.8) is 0 Å². The standard InChI is InChI=1S/C16H24N2O/c1-2-5-13-8-10-14(11-9-13)17-12-16(19)18-15-6-3-4-7-15/h8-11,15,17H,2-7,12H2,1H3,(H,18,19). The average Bonchev–Trinajstić information content (AvgIpc) is 2.91. The highest BCUT2D eigenvalue weighted by atomic mass is 16.1. The second kappa shape index (κ2) is 7.17. The number of nitrogens with one attached hydrogen (secondary N) is 2. The maximum Gasteiger partial charge on any atom is 0.239 e. The fourth-order valence-electron chi connectivity index (χ4n) is 2.61. The van der Waals surface area contributed by atoms with Crippen molar-refractivity contribution in [3.05, 3.63) is 29.8 Å². The Bertz CT molecular complexity index is 394. The van der Waals surface area contributed by atoms with Crippen molar-refractivity contribution in [1.82, 2.24) is 5.32 Å². The SMILES string of the molecule is CCCc1ccc(NCC(=O)NC2CCCC2)cc1. The van der Waals surface area contributed by atoms with Crippen molar-refractivity contribution in [2.45, 2.75) is 51.5 Å². The lowest BCUT2D eigenvalue weighted by molar-refractivity contribution is -0.120. The Morgan fingerprint density at radius 2 is 1.89 bits per heavy atom. The highest BCUT2D eigenvalue weighted by molar-refractivity contribution is 5.81. The van der Waals surface area contributed by atoms with Gasteiger partial charge >= 0.3 is 0 Å². The number of carbonyl (C=O) groups is 1. The number of hydrogen-bond donors (Lipinski definition) is 2. The molecule has 0 atom stereocenters. The van der Waals surface area contributed by atoms with E-state index >= 15 is 0 Å². The van der Waals surface area contributed by atoms with Crippen LogP contribution in [-0.2, 0) is 11.2 Å². The Morgan fingerprint density at radius 1 is 1.21 bits per heavy atom. The van der Waals surface area contributed by atoms with E-state index in [9.17, 15) is 4.79 Å². The van der Waals surface area contributed by atoms with Crippen molar-refractivity contribution in [2.75, 3.05) is 11.9 Å². The fourth-order valence-corrected chi connectivity index (χ4v) is 2.61. The molecule has 1 aromatic rings. The normalized spacial score (nSPS) is 15.4. The van der Waals surface area contributed by atoms with Gasteiger partial charge in [-0.3, -0.25) is 4.79 Å². The lowest BCUT2D eigenvalue weighted by Gasteiger charge is -2.13. The van der Waals surface area contributed by atoms with Gasteiger partial charge in [0.1, 0.15) is 0 Å². The Hall–Kier alpha value is -1.51. The smallest absolute Gasteiger partial charge is 0.239 e. The van der Waals surface area contributed by atoms with Gasteiger partial charge in [-0.05, 0) is 37.0 Å². The van der Waals surface area contributed by atoms with Gasteiger partial charge in [-0.1, -0.05) is 38.3 Å². The summed E-state index contributed by atoms with van der Waals surface area (Å²) in [7, 11) is 0. The van der Waals surface area contributed by atoms with Crippen LogP contribution in [0.5, 0.6) is 0 Å². The minimum Gasteiger partial charge on any atom is -0.376 e. The molecule has 1 aliphatic carbocycles. The average molecular weight is 260 g/mol. The first-order chi connectivity index (χ1) is 9.28. The summed E-state index contributed by atoms with van der Waals surface area (Å²) in [6.45, 7) is 2.54. The first kappa shape index (κ1) is 13.9. The highest BCUT2D eigenvalue weighted by Gasteiger charge is 2.16. The van der Waals surface area contributed by atoms with E-state index in [2.05, 4.69) is 29.7 Å². The molecule has 2 rings (SSSR count). The van der Waals surface area contributed by atoms with Crippen LogP contribution < -0.4 is 10.6 Å². The molecule has 1 fully saturated rings. The zero-order chi connectivity index (χ0) is 13.5. The van der Waals surface area contributed by atoms with Crippen LogP contribution in [0.2, 0.25) is 0 Å². The van der Waals surface area contributed by atoms with E-state index in [-0.39, 0.29) is 5.91 Å². The van der Waals surface area contributed by atoms with Gasteiger partial charge < -0.3 is 10.6 Å². The van der Waals surface area contributed by atoms with Gasteiger partial charge in [-0.25, -0.2) is 0 Å². The van der Waals surface area contributed by atoms with Crippen molar-refractivity contribution in [1.29, 1.82) is 0 Å². The van der Waals surface area contributed by atoms with E-state index in [0.29, 0.717) is 12.6 Å². The first-order valence-corrected chi connectivity index (χ1v) is 7.40. The number of carbonyl (C=O) groups excluding carboxylic acids is 1. The van der Waals surface area contributed by atoms with Crippen molar-refractivity contribution >= 4 is 11.6 Å². The van der Waals surface area contributed by atoms with Gasteiger partial charge in [0.25, 0.3) is 0 Å². The molecule has 19 heavy (non-hydrogen) atoms. The molecule has 3 nitrogen and oxygen atoms in total. The van der Waals surface area contributed by atoms with Crippen LogP contribution in [0.25, 0.3) is 0 Å². The summed E-state index contributed by atoms with van der Waals surface area (Å²) < 4.78 is 0. The minimum absolute atomic E-state index is 0.101. The summed E-state index contributed by atoms with van der Waals surface area (Å²) in [5.41, 5.74) is 2.37. The number of rotatable bonds is 6. The molecule has 104 valence electrons. The van der Waals surface area contributed by atoms with Gasteiger partial charge in [0.2, 0.25) is 5.91 Å². The van der Waals surface area contributed by atoms with Crippen LogP contribution in [0.15, 0.2) is 24.3 Å². The van der Waals surface area contributed by atoms with E-state index in [1.807, 2.05) is 12.1 Å². The predicted molar refractivity (Wildman–Crippen MR) is 79.3 cm³/mol. The summed E-state index contributed by atoms with van der Waals surface area (Å²) in [6.07, 6.45) is 7.04. The molecule has 1 aromatic carbocycles. The van der Waals surface area contributed by atoms with E-state index in [1.54, 1.807) is 0 Å². The fraction of sp³-hybridized carbons (Fsp3) is 0.562. The second-order valence-electron chi connectivity index (χ2n) is 5.35. The third kappa shape index (κ3) is 4.58. The zero-order valence-electron chi connectivity index (χ0n) is 11.7. The lowest BCUT2D eigenvalue weighted by Crippen LogP contribution is -2.36. The van der Waals surface area contributed by atoms with Gasteiger partial charge in [0.15, 0.2) is 0 Å². The van der Waals surface area contributed by atoms with E-state index < -0.39 is 0 Å². The summed E-state index contributed by atoms with van der Waals surface area (Å²) >= 11 is 0. The molecule has 0 aliphatic heterocycles. The van der Waals surface area contributed by atoms with Gasteiger partial charge in [0, 0.05) is 11.7 Å². The molecule has 0 saturated heterocycles. The molecule has 0 heterocycles. The molecular weight excluding hydrogens is 236 g/mol. The molecular formula is C16H24N2O. The molecule has 2 N–H and O–H groups in total. The summed E-state index contributed by atoms with van der Waals surface area (Å²) in [4.78, 5) is 11.8. The molecule has 0 bridgehead atoms. The molecule has 0 unspecified atom stereocenters. The second-order valence-corrected chi connectivity index (χ2v) is 5.35. The molecule has 1 amide bonds. The maximum absolute atomic E-state index is 11.8. The summed E-state index contributed by atoms with van der Waals surface area (Å²) in [6, 6.07) is 8.75. The lowest BCUT2D eigenvalue weighted by atomic mass is 10.1. The van der Waals surface area contributed by atoms with Crippen molar-refractivity contribution in [3.8, 4) is 0 Å². The Balaban J connectivity index is 1.73. The third-order valence-corrected chi connectivity index (χ3v) is 3.67. The Kier molecular flexibility index (Phi) is 5.25. The van der Waals surface area contributed by atoms with Crippen molar-refractivity contribution < 1.29 is 4.79 Å². The molecule has 1 saturated carbocycles. The van der Waals surface area contributed by atoms with Gasteiger partial charge in [0.05, 0.1) is 6.54 Å². The van der Waals surface area contributed by atoms with E-state index in [4.69, 9.17) is 0 Å². The van der Waals surface area contributed by atoms with Crippen LogP contribution in [0.1, 0.15) is 44.6 Å². The topological polar surface area (TPSA) is 41.1 Å². The largest absolute Gasteiger partial charge is 0.376 e. The van der Waals surface area contributed by atoms with Gasteiger partial charge in [-0.15, -0.1) is 0 Å². The number of anilines is 1. The zero-order valence-corrected chi connectivity index (χ0v) is 11.7. The number of hydrogen-bond acceptors (Lipinski definition) is 2. The molecule has 0 aromatic heterocycles. The molecule has 0 spiro atoms. The number of amides is 1. The van der Waals surface area contributed by atoms with Crippen LogP contribution in [0.4, 0.5) is 5.69 Å². The predicted octanol–water partition coefficient (Wildman–Crippen LogP) is 3.11. The molecule has 1 aliphatic rings. The van der Waals surface area contributed by atoms with Crippen molar-refractivity contribution in [2.24, 2.45) is 0 Å². The summed E-state index contributed by atoms with van der Waals surface area (Å²) in [5.74, 6) is 0.101. The minimum atomic E-state index is 0.101. The Labute approximate surface area is 115 Å². The van der Waals surface area contributed by atoms with Gasteiger partial charge in [-0.2, -0.15) is 0 Å². The van der Waals surface area contributed by atoms with Crippen LogP contribution >= 0.6 is 0 Å². The number of aryl methyl sites for hydroxylation is 1. The Morgan fingerprint density at radius 3 is 2.53 bits per heavy atom. The summed E-state index contributed by atoms with van der Waals surface area (Å²) in [5, 5.41) is 6.26. The first-order valence-electron chi connectivity index (χ1n) is 7.40. The number of benzene rings is 1. The highest BCUT2D eigenvalue weighted by Crippen LogP contribution is 2.17. The van der Waals surface area contributed by atoms with Crippen LogP contribution in [-0.4, -0.2) is 18.5 Å². The molecule has 3 heteroatoms. The monoisotopic (exact) mass is 260 g/mol. The van der Waals surface area contributed by atoms with Crippen LogP contribution in [0, 0.1) is 0 Å². The maximum atomic E-state index is 11.8. The quantitative estimate of drug-likeness (QED) is 0.825. The third-order valence-electron chi connectivity index (χ3n) is 3.67. The van der Waals surface area contributed by atoms with Crippen LogP contribution in [0.3, 0.4) is 0 Å². The molecule has 0 radical (unpaired) electrons.